The van der Waals surface area contributed by atoms with Crippen LogP contribution in [0.5, 0.6) is 0 Å². The molecule has 0 aliphatic heterocycles. The molecule has 2 aromatic rings. The number of benzene rings is 2. The Bertz CT molecular complexity index is 939. The van der Waals surface area contributed by atoms with Crippen LogP contribution in [0.4, 0.5) is 5.69 Å². The Hall–Kier alpha value is -2.71. The molecule has 0 spiro atoms. The third kappa shape index (κ3) is 6.19. The lowest BCUT2D eigenvalue weighted by Gasteiger charge is -2.11. The van der Waals surface area contributed by atoms with Gasteiger partial charge in [0, 0.05) is 23.7 Å². The quantitative estimate of drug-likeness (QED) is 0.641. The van der Waals surface area contributed by atoms with Gasteiger partial charge in [-0.3, -0.25) is 9.59 Å². The SMILES string of the molecule is CC(C)NS(=O)(=O)c1cccc(C(=O)Nc2cccc(CCC(=O)O)c2)c1. The van der Waals surface area contributed by atoms with Crippen LogP contribution in [0.15, 0.2) is 53.4 Å². The second-order valence-electron chi connectivity index (χ2n) is 6.35. The lowest BCUT2D eigenvalue weighted by Crippen LogP contribution is -2.30. The summed E-state index contributed by atoms with van der Waals surface area (Å²) in [6, 6.07) is 12.4. The Kier molecular flexibility index (Phi) is 6.70. The van der Waals surface area contributed by atoms with Crippen molar-refractivity contribution in [2.75, 3.05) is 5.32 Å². The van der Waals surface area contributed by atoms with Gasteiger partial charge in [0.15, 0.2) is 0 Å². The fraction of sp³-hybridized carbons (Fsp3) is 0.263. The van der Waals surface area contributed by atoms with E-state index in [1.54, 1.807) is 38.1 Å². The number of amides is 1. The van der Waals surface area contributed by atoms with Crippen molar-refractivity contribution in [1.82, 2.24) is 4.72 Å². The predicted molar refractivity (Wildman–Crippen MR) is 102 cm³/mol. The van der Waals surface area contributed by atoms with E-state index in [2.05, 4.69) is 10.0 Å². The van der Waals surface area contributed by atoms with Crippen LogP contribution < -0.4 is 10.0 Å². The summed E-state index contributed by atoms with van der Waals surface area (Å²) in [4.78, 5) is 23.2. The number of carboxylic acid groups (broad SMARTS) is 1. The molecular weight excluding hydrogens is 368 g/mol. The monoisotopic (exact) mass is 390 g/mol. The Morgan fingerprint density at radius 1 is 1.07 bits per heavy atom. The van der Waals surface area contributed by atoms with E-state index in [1.807, 2.05) is 0 Å². The smallest absolute Gasteiger partial charge is 0.303 e. The maximum absolute atomic E-state index is 12.5. The molecule has 0 aliphatic carbocycles. The zero-order chi connectivity index (χ0) is 20.0. The van der Waals surface area contributed by atoms with Crippen molar-refractivity contribution in [3.63, 3.8) is 0 Å². The molecule has 8 heteroatoms. The van der Waals surface area contributed by atoms with Gasteiger partial charge in [-0.05, 0) is 56.2 Å². The van der Waals surface area contributed by atoms with Gasteiger partial charge in [0.25, 0.3) is 5.91 Å². The van der Waals surface area contributed by atoms with Gasteiger partial charge in [-0.2, -0.15) is 0 Å². The summed E-state index contributed by atoms with van der Waals surface area (Å²) in [5, 5.41) is 11.5. The first-order chi connectivity index (χ1) is 12.7. The molecule has 0 unspecified atom stereocenters. The average molecular weight is 390 g/mol. The van der Waals surface area contributed by atoms with E-state index in [4.69, 9.17) is 5.11 Å². The lowest BCUT2D eigenvalue weighted by atomic mass is 10.1. The van der Waals surface area contributed by atoms with Crippen molar-refractivity contribution < 1.29 is 23.1 Å². The van der Waals surface area contributed by atoms with Crippen molar-refractivity contribution in [3.05, 3.63) is 59.7 Å². The molecule has 0 heterocycles. The molecule has 2 aromatic carbocycles. The Labute approximate surface area is 158 Å². The van der Waals surface area contributed by atoms with Crippen LogP contribution in [0, 0.1) is 0 Å². The number of nitrogens with one attached hydrogen (secondary N) is 2. The molecule has 0 aliphatic rings. The van der Waals surface area contributed by atoms with Gasteiger partial charge in [0.2, 0.25) is 10.0 Å². The van der Waals surface area contributed by atoms with Crippen LogP contribution in [0.2, 0.25) is 0 Å². The molecule has 2 rings (SSSR count). The molecule has 0 fully saturated rings. The van der Waals surface area contributed by atoms with Crippen molar-refractivity contribution in [1.29, 1.82) is 0 Å². The molecule has 3 N–H and O–H groups in total. The number of aryl methyl sites for hydroxylation is 1. The topological polar surface area (TPSA) is 113 Å². The Morgan fingerprint density at radius 2 is 1.78 bits per heavy atom. The molecule has 0 aromatic heterocycles. The van der Waals surface area contributed by atoms with E-state index in [0.29, 0.717) is 12.1 Å². The Morgan fingerprint density at radius 3 is 2.44 bits per heavy atom. The lowest BCUT2D eigenvalue weighted by molar-refractivity contribution is -0.136. The summed E-state index contributed by atoms with van der Waals surface area (Å²) < 4.78 is 27.0. The molecule has 1 amide bonds. The Balaban J connectivity index is 2.16. The van der Waals surface area contributed by atoms with Crippen molar-refractivity contribution in [2.45, 2.75) is 37.6 Å². The van der Waals surface area contributed by atoms with Crippen LogP contribution in [0.3, 0.4) is 0 Å². The molecule has 27 heavy (non-hydrogen) atoms. The van der Waals surface area contributed by atoms with Gasteiger partial charge < -0.3 is 10.4 Å². The average Bonchev–Trinajstić information content (AvgIpc) is 2.59. The second-order valence-corrected chi connectivity index (χ2v) is 8.07. The second kappa shape index (κ2) is 8.79. The fourth-order valence-electron chi connectivity index (χ4n) is 2.44. The minimum absolute atomic E-state index is 0.000155. The molecular formula is C19H22N2O5S. The number of carboxylic acids is 1. The third-order valence-electron chi connectivity index (χ3n) is 3.61. The number of carbonyl (C=O) groups is 2. The molecule has 144 valence electrons. The van der Waals surface area contributed by atoms with Gasteiger partial charge >= 0.3 is 5.97 Å². The summed E-state index contributed by atoms with van der Waals surface area (Å²) in [5.41, 5.74) is 1.50. The molecule has 0 saturated carbocycles. The molecule has 7 nitrogen and oxygen atoms in total. The summed E-state index contributed by atoms with van der Waals surface area (Å²) in [6.45, 7) is 3.43. The van der Waals surface area contributed by atoms with Crippen LogP contribution in [-0.4, -0.2) is 31.4 Å². The number of carbonyl (C=O) groups excluding carboxylic acids is 1. The maximum Gasteiger partial charge on any atom is 0.303 e. The molecule has 0 saturated heterocycles. The predicted octanol–water partition coefficient (Wildman–Crippen LogP) is 2.64. The summed E-state index contributed by atoms with van der Waals surface area (Å²) in [5.74, 6) is -1.34. The first-order valence-electron chi connectivity index (χ1n) is 8.42. The zero-order valence-electron chi connectivity index (χ0n) is 15.1. The summed E-state index contributed by atoms with van der Waals surface area (Å²) in [6.07, 6.45) is 0.355. The van der Waals surface area contributed by atoms with Gasteiger partial charge in [0.1, 0.15) is 0 Å². The van der Waals surface area contributed by atoms with Crippen LogP contribution in [0.25, 0.3) is 0 Å². The van der Waals surface area contributed by atoms with Crippen LogP contribution in [0.1, 0.15) is 36.2 Å². The highest BCUT2D eigenvalue weighted by Gasteiger charge is 2.17. The minimum Gasteiger partial charge on any atom is -0.481 e. The number of rotatable bonds is 8. The minimum atomic E-state index is -3.70. The van der Waals surface area contributed by atoms with E-state index < -0.39 is 21.9 Å². The van der Waals surface area contributed by atoms with Crippen molar-refractivity contribution >= 4 is 27.6 Å². The highest BCUT2D eigenvalue weighted by molar-refractivity contribution is 7.89. The largest absolute Gasteiger partial charge is 0.481 e. The van der Waals surface area contributed by atoms with Gasteiger partial charge in [-0.15, -0.1) is 0 Å². The third-order valence-corrected chi connectivity index (χ3v) is 5.27. The zero-order valence-corrected chi connectivity index (χ0v) is 15.9. The van der Waals surface area contributed by atoms with Crippen molar-refractivity contribution in [3.8, 4) is 0 Å². The van der Waals surface area contributed by atoms with E-state index in [0.717, 1.165) is 5.56 Å². The number of hydrogen-bond donors (Lipinski definition) is 3. The first kappa shape index (κ1) is 20.6. The number of anilines is 1. The van der Waals surface area contributed by atoms with Gasteiger partial charge in [-0.1, -0.05) is 18.2 Å². The van der Waals surface area contributed by atoms with Crippen LogP contribution >= 0.6 is 0 Å². The van der Waals surface area contributed by atoms with Crippen LogP contribution in [-0.2, 0) is 21.2 Å². The fourth-order valence-corrected chi connectivity index (χ4v) is 3.74. The van der Waals surface area contributed by atoms with E-state index in [9.17, 15) is 18.0 Å². The van der Waals surface area contributed by atoms with E-state index in [-0.39, 0.29) is 22.9 Å². The first-order valence-corrected chi connectivity index (χ1v) is 9.90. The normalized spacial score (nSPS) is 11.4. The van der Waals surface area contributed by atoms with Gasteiger partial charge in [0.05, 0.1) is 4.90 Å². The molecule has 0 atom stereocenters. The number of hydrogen-bond acceptors (Lipinski definition) is 4. The standard InChI is InChI=1S/C19H22N2O5S/c1-13(2)21-27(25,26)17-8-4-6-15(12-17)19(24)20-16-7-3-5-14(11-16)9-10-18(22)23/h3-8,11-13,21H,9-10H2,1-2H3,(H,20,24)(H,22,23). The molecule has 0 bridgehead atoms. The summed E-state index contributed by atoms with van der Waals surface area (Å²) >= 11 is 0. The molecule has 0 radical (unpaired) electrons. The highest BCUT2D eigenvalue weighted by Crippen LogP contribution is 2.16. The maximum atomic E-state index is 12.5. The van der Waals surface area contributed by atoms with Gasteiger partial charge in [-0.25, -0.2) is 13.1 Å². The summed E-state index contributed by atoms with van der Waals surface area (Å²) in [7, 11) is -3.70. The van der Waals surface area contributed by atoms with E-state index >= 15 is 0 Å². The number of sulfonamides is 1. The van der Waals surface area contributed by atoms with E-state index in [1.165, 1.54) is 24.3 Å². The van der Waals surface area contributed by atoms with Crippen molar-refractivity contribution in [2.24, 2.45) is 0 Å². The number of aliphatic carboxylic acids is 1. The highest BCUT2D eigenvalue weighted by atomic mass is 32.2.